The SMILES string of the molecule is C#CCP(=O)(OCC)OCC. The van der Waals surface area contributed by atoms with E-state index in [1.807, 2.05) is 0 Å². The molecule has 0 fully saturated rings. The molecule has 0 rings (SSSR count). The van der Waals surface area contributed by atoms with Crippen LogP contribution in [0.4, 0.5) is 0 Å². The molecular weight excluding hydrogens is 163 g/mol. The maximum Gasteiger partial charge on any atom is 0.342 e. The van der Waals surface area contributed by atoms with Crippen LogP contribution in [0.15, 0.2) is 0 Å². The van der Waals surface area contributed by atoms with Gasteiger partial charge in [0.25, 0.3) is 0 Å². The van der Waals surface area contributed by atoms with E-state index in [1.165, 1.54) is 0 Å². The summed E-state index contributed by atoms with van der Waals surface area (Å²) in [4.78, 5) is 0. The first-order chi connectivity index (χ1) is 5.18. The smallest absolute Gasteiger partial charge is 0.308 e. The Balaban J connectivity index is 4.04. The summed E-state index contributed by atoms with van der Waals surface area (Å²) in [7, 11) is -2.96. The molecule has 64 valence electrons. The number of rotatable bonds is 5. The Morgan fingerprint density at radius 3 is 2.09 bits per heavy atom. The van der Waals surface area contributed by atoms with Gasteiger partial charge in [-0.2, -0.15) is 0 Å². The zero-order chi connectivity index (χ0) is 8.74. The van der Waals surface area contributed by atoms with Crippen molar-refractivity contribution in [2.75, 3.05) is 19.4 Å². The summed E-state index contributed by atoms with van der Waals surface area (Å²) in [5, 5.41) is 0. The zero-order valence-electron chi connectivity index (χ0n) is 6.87. The summed E-state index contributed by atoms with van der Waals surface area (Å²) < 4.78 is 21.2. The summed E-state index contributed by atoms with van der Waals surface area (Å²) in [6.45, 7) is 4.22. The van der Waals surface area contributed by atoms with E-state index in [9.17, 15) is 4.57 Å². The molecule has 0 spiro atoms. The molecule has 0 heterocycles. The van der Waals surface area contributed by atoms with E-state index in [0.29, 0.717) is 13.2 Å². The molecule has 11 heavy (non-hydrogen) atoms. The van der Waals surface area contributed by atoms with E-state index < -0.39 is 7.60 Å². The van der Waals surface area contributed by atoms with Crippen molar-refractivity contribution in [3.63, 3.8) is 0 Å². The Bertz CT molecular complexity index is 173. The van der Waals surface area contributed by atoms with Crippen molar-refractivity contribution < 1.29 is 13.6 Å². The van der Waals surface area contributed by atoms with Crippen molar-refractivity contribution >= 4 is 7.60 Å². The highest BCUT2D eigenvalue weighted by molar-refractivity contribution is 7.54. The van der Waals surface area contributed by atoms with Gasteiger partial charge in [-0.3, -0.25) is 4.57 Å². The standard InChI is InChI=1S/C7H13O3P/c1-4-7-11(8,9-5-2)10-6-3/h1H,5-7H2,2-3H3. The summed E-state index contributed by atoms with van der Waals surface area (Å²) in [5.41, 5.74) is 0. The third-order valence-corrected chi connectivity index (χ3v) is 2.81. The zero-order valence-corrected chi connectivity index (χ0v) is 7.77. The minimum absolute atomic E-state index is 0.0503. The van der Waals surface area contributed by atoms with Gasteiger partial charge in [-0.1, -0.05) is 5.92 Å². The molecule has 0 amide bonds. The maximum absolute atomic E-state index is 11.4. The average Bonchev–Trinajstić information content (AvgIpc) is 1.88. The number of hydrogen-bond donors (Lipinski definition) is 0. The quantitative estimate of drug-likeness (QED) is 0.474. The lowest BCUT2D eigenvalue weighted by Crippen LogP contribution is -1.98. The highest BCUT2D eigenvalue weighted by atomic mass is 31.2. The monoisotopic (exact) mass is 176 g/mol. The normalized spacial score (nSPS) is 11.0. The second-order valence-corrected chi connectivity index (χ2v) is 3.86. The van der Waals surface area contributed by atoms with Crippen molar-refractivity contribution in [1.29, 1.82) is 0 Å². The Labute approximate surface area is 67.6 Å². The lowest BCUT2D eigenvalue weighted by Gasteiger charge is -2.13. The van der Waals surface area contributed by atoms with Crippen molar-refractivity contribution in [3.05, 3.63) is 0 Å². The fraction of sp³-hybridized carbons (Fsp3) is 0.714. The van der Waals surface area contributed by atoms with Gasteiger partial charge in [-0.25, -0.2) is 0 Å². The molecule has 0 N–H and O–H groups in total. The van der Waals surface area contributed by atoms with Gasteiger partial charge in [0, 0.05) is 0 Å². The Kier molecular flexibility index (Phi) is 5.23. The topological polar surface area (TPSA) is 35.5 Å². The highest BCUT2D eigenvalue weighted by Crippen LogP contribution is 2.47. The Morgan fingerprint density at radius 1 is 1.36 bits per heavy atom. The van der Waals surface area contributed by atoms with Crippen molar-refractivity contribution in [2.45, 2.75) is 13.8 Å². The molecule has 0 aliphatic carbocycles. The summed E-state index contributed by atoms with van der Waals surface area (Å²) in [5.74, 6) is 2.26. The molecule has 0 aliphatic rings. The molecule has 0 saturated carbocycles. The van der Waals surface area contributed by atoms with Gasteiger partial charge in [0.2, 0.25) is 0 Å². The molecule has 0 unspecified atom stereocenters. The fourth-order valence-electron chi connectivity index (χ4n) is 0.634. The van der Waals surface area contributed by atoms with Gasteiger partial charge in [0.05, 0.1) is 13.2 Å². The largest absolute Gasteiger partial charge is 0.342 e. The molecule has 0 aromatic heterocycles. The van der Waals surface area contributed by atoms with Gasteiger partial charge in [0.1, 0.15) is 6.16 Å². The first-order valence-corrected chi connectivity index (χ1v) is 5.23. The van der Waals surface area contributed by atoms with E-state index in [1.54, 1.807) is 13.8 Å². The van der Waals surface area contributed by atoms with Crippen LogP contribution in [0.1, 0.15) is 13.8 Å². The molecule has 0 saturated heterocycles. The van der Waals surface area contributed by atoms with Gasteiger partial charge < -0.3 is 9.05 Å². The van der Waals surface area contributed by atoms with Gasteiger partial charge in [-0.05, 0) is 13.8 Å². The van der Waals surface area contributed by atoms with Crippen LogP contribution >= 0.6 is 7.60 Å². The maximum atomic E-state index is 11.4. The molecule has 0 bridgehead atoms. The van der Waals surface area contributed by atoms with Gasteiger partial charge in [-0.15, -0.1) is 6.42 Å². The Morgan fingerprint density at radius 2 is 1.82 bits per heavy atom. The first-order valence-electron chi connectivity index (χ1n) is 3.50. The lowest BCUT2D eigenvalue weighted by atomic mass is 10.8. The molecule has 0 atom stereocenters. The predicted molar refractivity (Wildman–Crippen MR) is 44.6 cm³/mol. The van der Waals surface area contributed by atoms with E-state index >= 15 is 0 Å². The second-order valence-electron chi connectivity index (χ2n) is 1.81. The average molecular weight is 176 g/mol. The van der Waals surface area contributed by atoms with Crippen molar-refractivity contribution in [1.82, 2.24) is 0 Å². The molecule has 3 nitrogen and oxygen atoms in total. The molecule has 0 aromatic rings. The van der Waals surface area contributed by atoms with Crippen LogP contribution in [0.3, 0.4) is 0 Å². The van der Waals surface area contributed by atoms with Gasteiger partial charge >= 0.3 is 7.60 Å². The van der Waals surface area contributed by atoms with Crippen LogP contribution in [-0.2, 0) is 13.6 Å². The highest BCUT2D eigenvalue weighted by Gasteiger charge is 2.21. The number of terminal acetylenes is 1. The van der Waals surface area contributed by atoms with Crippen LogP contribution in [0.2, 0.25) is 0 Å². The van der Waals surface area contributed by atoms with Crippen LogP contribution in [0.5, 0.6) is 0 Å². The van der Waals surface area contributed by atoms with E-state index in [-0.39, 0.29) is 6.16 Å². The van der Waals surface area contributed by atoms with Crippen molar-refractivity contribution in [2.24, 2.45) is 0 Å². The summed E-state index contributed by atoms with van der Waals surface area (Å²) in [6.07, 6.45) is 5.04. The van der Waals surface area contributed by atoms with Crippen LogP contribution in [0, 0.1) is 12.3 Å². The lowest BCUT2D eigenvalue weighted by molar-refractivity contribution is 0.223. The molecule has 0 radical (unpaired) electrons. The van der Waals surface area contributed by atoms with Crippen LogP contribution in [-0.4, -0.2) is 19.4 Å². The van der Waals surface area contributed by atoms with E-state index in [4.69, 9.17) is 15.5 Å². The molecular formula is C7H13O3P. The van der Waals surface area contributed by atoms with Gasteiger partial charge in [0.15, 0.2) is 0 Å². The summed E-state index contributed by atoms with van der Waals surface area (Å²) >= 11 is 0. The fourth-order valence-corrected chi connectivity index (χ4v) is 1.90. The minimum Gasteiger partial charge on any atom is -0.308 e. The van der Waals surface area contributed by atoms with E-state index in [0.717, 1.165) is 0 Å². The minimum atomic E-state index is -2.96. The third-order valence-electron chi connectivity index (χ3n) is 0.937. The predicted octanol–water partition coefficient (Wildman–Crippen LogP) is 1.89. The van der Waals surface area contributed by atoms with Crippen LogP contribution in [0.25, 0.3) is 0 Å². The summed E-state index contributed by atoms with van der Waals surface area (Å²) in [6, 6.07) is 0. The molecule has 0 aliphatic heterocycles. The van der Waals surface area contributed by atoms with E-state index in [2.05, 4.69) is 5.92 Å². The number of hydrogen-bond acceptors (Lipinski definition) is 3. The third kappa shape index (κ3) is 4.21. The first kappa shape index (κ1) is 10.7. The molecule has 0 aromatic carbocycles. The van der Waals surface area contributed by atoms with Crippen LogP contribution < -0.4 is 0 Å². The molecule has 4 heteroatoms. The van der Waals surface area contributed by atoms with Crippen molar-refractivity contribution in [3.8, 4) is 12.3 Å². The Hall–Kier alpha value is -0.290. The second kappa shape index (κ2) is 5.37.